The Labute approximate surface area is 86.6 Å². The van der Waals surface area contributed by atoms with Crippen LogP contribution in [0, 0.1) is 6.92 Å². The molecule has 0 aliphatic heterocycles. The maximum absolute atomic E-state index is 6.00. The van der Waals surface area contributed by atoms with E-state index < -0.39 is 0 Å². The number of thiazole rings is 1. The molecule has 2 N–H and O–H groups in total. The molecule has 0 saturated carbocycles. The summed E-state index contributed by atoms with van der Waals surface area (Å²) >= 11 is 1.62. The molecule has 0 bridgehead atoms. The van der Waals surface area contributed by atoms with Gasteiger partial charge in [0.2, 0.25) is 0 Å². The van der Waals surface area contributed by atoms with Crippen molar-refractivity contribution in [2.75, 3.05) is 0 Å². The normalized spacial score (nSPS) is 13.0. The minimum absolute atomic E-state index is 0.0869. The zero-order valence-corrected chi connectivity index (χ0v) is 8.75. The number of hydrogen-bond acceptors (Lipinski definition) is 4. The van der Waals surface area contributed by atoms with E-state index in [2.05, 4.69) is 4.98 Å². The molecule has 0 aliphatic carbocycles. The molecule has 2 aromatic rings. The Kier molecular flexibility index (Phi) is 2.65. The smallest absolute Gasteiger partial charge is 0.123 e. The van der Waals surface area contributed by atoms with E-state index in [4.69, 9.17) is 10.2 Å². The van der Waals surface area contributed by atoms with E-state index in [9.17, 15) is 0 Å². The van der Waals surface area contributed by atoms with Crippen LogP contribution in [0.4, 0.5) is 0 Å². The van der Waals surface area contributed by atoms with Crippen molar-refractivity contribution in [2.45, 2.75) is 19.4 Å². The highest BCUT2D eigenvalue weighted by Gasteiger charge is 2.13. The van der Waals surface area contributed by atoms with Gasteiger partial charge in [0.15, 0.2) is 0 Å². The van der Waals surface area contributed by atoms with Crippen LogP contribution in [-0.4, -0.2) is 4.98 Å². The van der Waals surface area contributed by atoms with E-state index in [0.717, 1.165) is 22.8 Å². The molecule has 14 heavy (non-hydrogen) atoms. The molecule has 0 spiro atoms. The number of nitrogens with two attached hydrogens (primary N) is 1. The van der Waals surface area contributed by atoms with E-state index >= 15 is 0 Å². The average Bonchev–Trinajstić information content (AvgIpc) is 2.75. The van der Waals surface area contributed by atoms with Crippen molar-refractivity contribution < 1.29 is 4.42 Å². The summed E-state index contributed by atoms with van der Waals surface area (Å²) in [6.45, 7) is 2.00. The highest BCUT2D eigenvalue weighted by molar-refractivity contribution is 7.09. The largest absolute Gasteiger partial charge is 0.467 e. The molecule has 3 nitrogen and oxygen atoms in total. The quantitative estimate of drug-likeness (QED) is 0.842. The summed E-state index contributed by atoms with van der Waals surface area (Å²) < 4.78 is 5.33. The maximum atomic E-state index is 6.00. The molecule has 1 atom stereocenters. The number of nitrogens with zero attached hydrogens (tertiary/aromatic N) is 1. The Balaban J connectivity index is 2.10. The number of aromatic nitrogens is 1. The number of aryl methyl sites for hydroxylation is 1. The second-order valence-electron chi connectivity index (χ2n) is 3.20. The first-order chi connectivity index (χ1) is 6.77. The third-order valence-electron chi connectivity index (χ3n) is 2.12. The first-order valence-corrected chi connectivity index (χ1v) is 5.33. The molecule has 2 rings (SSSR count). The zero-order valence-electron chi connectivity index (χ0n) is 7.93. The van der Waals surface area contributed by atoms with Crippen LogP contribution in [0.3, 0.4) is 0 Å². The van der Waals surface area contributed by atoms with Gasteiger partial charge >= 0.3 is 0 Å². The van der Waals surface area contributed by atoms with Crippen LogP contribution in [-0.2, 0) is 6.42 Å². The number of rotatable bonds is 3. The van der Waals surface area contributed by atoms with Crippen LogP contribution in [0.25, 0.3) is 0 Å². The third kappa shape index (κ3) is 1.86. The van der Waals surface area contributed by atoms with Gasteiger partial charge in [-0.25, -0.2) is 4.98 Å². The van der Waals surface area contributed by atoms with Crippen LogP contribution in [0.1, 0.15) is 22.4 Å². The van der Waals surface area contributed by atoms with Gasteiger partial charge in [-0.2, -0.15) is 0 Å². The van der Waals surface area contributed by atoms with Gasteiger partial charge in [0, 0.05) is 18.0 Å². The van der Waals surface area contributed by atoms with Gasteiger partial charge < -0.3 is 10.2 Å². The predicted molar refractivity (Wildman–Crippen MR) is 56.2 cm³/mol. The Morgan fingerprint density at radius 3 is 3.07 bits per heavy atom. The molecule has 0 fully saturated rings. The summed E-state index contributed by atoms with van der Waals surface area (Å²) in [5.41, 5.74) is 7.11. The van der Waals surface area contributed by atoms with Crippen LogP contribution in [0.15, 0.2) is 28.3 Å². The molecule has 0 amide bonds. The van der Waals surface area contributed by atoms with E-state index in [1.54, 1.807) is 23.8 Å². The summed E-state index contributed by atoms with van der Waals surface area (Å²) in [5, 5.41) is 3.00. The Morgan fingerprint density at radius 2 is 2.50 bits per heavy atom. The monoisotopic (exact) mass is 208 g/mol. The lowest BCUT2D eigenvalue weighted by molar-refractivity contribution is 0.461. The Morgan fingerprint density at radius 1 is 1.64 bits per heavy atom. The number of furan rings is 1. The van der Waals surface area contributed by atoms with E-state index in [1.165, 1.54) is 0 Å². The summed E-state index contributed by atoms with van der Waals surface area (Å²) in [6, 6.07) is 1.84. The van der Waals surface area contributed by atoms with Crippen LogP contribution >= 0.6 is 11.3 Å². The minimum Gasteiger partial charge on any atom is -0.467 e. The standard InChI is InChI=1S/C10H12N2OS/c1-7-2-4-13-10(7)8(11)6-9-12-3-5-14-9/h2-5,8H,6,11H2,1H3. The Bertz CT molecular complexity index is 394. The average molecular weight is 208 g/mol. The number of hydrogen-bond donors (Lipinski definition) is 1. The third-order valence-corrected chi connectivity index (χ3v) is 2.92. The fourth-order valence-corrected chi connectivity index (χ4v) is 2.08. The van der Waals surface area contributed by atoms with Crippen LogP contribution in [0.5, 0.6) is 0 Å². The lowest BCUT2D eigenvalue weighted by atomic mass is 10.1. The predicted octanol–water partition coefficient (Wildman–Crippen LogP) is 2.29. The molecular formula is C10H12N2OS. The van der Waals surface area contributed by atoms with Gasteiger partial charge in [-0.15, -0.1) is 11.3 Å². The lowest BCUT2D eigenvalue weighted by Gasteiger charge is -2.07. The van der Waals surface area contributed by atoms with Gasteiger partial charge in [-0.1, -0.05) is 0 Å². The topological polar surface area (TPSA) is 52.0 Å². The van der Waals surface area contributed by atoms with Crippen LogP contribution in [0.2, 0.25) is 0 Å². The Hall–Kier alpha value is -1.13. The highest BCUT2D eigenvalue weighted by atomic mass is 32.1. The lowest BCUT2D eigenvalue weighted by Crippen LogP contribution is -2.13. The first kappa shape index (κ1) is 9.43. The molecule has 2 heterocycles. The molecule has 4 heteroatoms. The van der Waals surface area contributed by atoms with Crippen molar-refractivity contribution in [3.63, 3.8) is 0 Å². The summed E-state index contributed by atoms with van der Waals surface area (Å²) in [6.07, 6.45) is 4.21. The molecular weight excluding hydrogens is 196 g/mol. The molecule has 0 aliphatic rings. The second kappa shape index (κ2) is 3.94. The van der Waals surface area contributed by atoms with Gasteiger partial charge in [-0.3, -0.25) is 0 Å². The van der Waals surface area contributed by atoms with Gasteiger partial charge in [-0.05, 0) is 18.6 Å². The van der Waals surface area contributed by atoms with Crippen molar-refractivity contribution >= 4 is 11.3 Å². The fourth-order valence-electron chi connectivity index (χ4n) is 1.40. The minimum atomic E-state index is -0.0869. The van der Waals surface area contributed by atoms with Crippen molar-refractivity contribution in [3.05, 3.63) is 40.2 Å². The SMILES string of the molecule is Cc1ccoc1C(N)Cc1nccs1. The van der Waals surface area contributed by atoms with E-state index in [-0.39, 0.29) is 6.04 Å². The van der Waals surface area contributed by atoms with Gasteiger partial charge in [0.1, 0.15) is 5.76 Å². The fraction of sp³-hybridized carbons (Fsp3) is 0.300. The van der Waals surface area contributed by atoms with Crippen molar-refractivity contribution in [3.8, 4) is 0 Å². The summed E-state index contributed by atoms with van der Waals surface area (Å²) in [4.78, 5) is 4.19. The molecule has 0 aromatic carbocycles. The van der Waals surface area contributed by atoms with Gasteiger partial charge in [0.25, 0.3) is 0 Å². The molecule has 0 radical (unpaired) electrons. The molecule has 2 aromatic heterocycles. The van der Waals surface area contributed by atoms with Crippen LogP contribution < -0.4 is 5.73 Å². The van der Waals surface area contributed by atoms with Crippen molar-refractivity contribution in [2.24, 2.45) is 5.73 Å². The molecule has 0 saturated heterocycles. The second-order valence-corrected chi connectivity index (χ2v) is 4.18. The van der Waals surface area contributed by atoms with Gasteiger partial charge in [0.05, 0.1) is 17.3 Å². The molecule has 1 unspecified atom stereocenters. The van der Waals surface area contributed by atoms with E-state index in [1.807, 2.05) is 18.4 Å². The maximum Gasteiger partial charge on any atom is 0.123 e. The first-order valence-electron chi connectivity index (χ1n) is 4.45. The zero-order chi connectivity index (χ0) is 9.97. The highest BCUT2D eigenvalue weighted by Crippen LogP contribution is 2.21. The summed E-state index contributed by atoms with van der Waals surface area (Å²) in [7, 11) is 0. The summed E-state index contributed by atoms with van der Waals surface area (Å²) in [5.74, 6) is 0.861. The molecule has 74 valence electrons. The van der Waals surface area contributed by atoms with E-state index in [0.29, 0.717) is 0 Å². The van der Waals surface area contributed by atoms with Crippen molar-refractivity contribution in [1.82, 2.24) is 4.98 Å². The van der Waals surface area contributed by atoms with Crippen molar-refractivity contribution in [1.29, 1.82) is 0 Å².